The van der Waals surface area contributed by atoms with Crippen LogP contribution in [0.15, 0.2) is 10.7 Å². The zero-order chi connectivity index (χ0) is 12.1. The molecule has 0 aliphatic heterocycles. The highest BCUT2D eigenvalue weighted by molar-refractivity contribution is 9.10. The Kier molecular flexibility index (Phi) is 4.41. The van der Waals surface area contributed by atoms with E-state index in [1.54, 1.807) is 0 Å². The lowest BCUT2D eigenvalue weighted by atomic mass is 10.2. The Labute approximate surface area is 99.3 Å². The van der Waals surface area contributed by atoms with Gasteiger partial charge in [-0.25, -0.2) is 0 Å². The van der Waals surface area contributed by atoms with Gasteiger partial charge in [-0.05, 0) is 33.7 Å². The quantitative estimate of drug-likeness (QED) is 0.490. The second-order valence-corrected chi connectivity index (χ2v) is 4.03. The third-order valence-corrected chi connectivity index (χ3v) is 2.46. The van der Waals surface area contributed by atoms with E-state index in [1.807, 2.05) is 0 Å². The van der Waals surface area contributed by atoms with Gasteiger partial charge < -0.3 is 15.2 Å². The Bertz CT molecular complexity index is 404. The molecule has 0 bridgehead atoms. The lowest BCUT2D eigenvalue weighted by Gasteiger charge is -1.95. The van der Waals surface area contributed by atoms with Crippen molar-refractivity contribution in [3.05, 3.63) is 20.8 Å². The first-order chi connectivity index (χ1) is 7.50. The highest BCUT2D eigenvalue weighted by Gasteiger charge is 2.17. The van der Waals surface area contributed by atoms with Crippen LogP contribution in [0, 0.1) is 10.1 Å². The van der Waals surface area contributed by atoms with Crippen LogP contribution in [0.4, 0.5) is 5.82 Å². The van der Waals surface area contributed by atoms with Gasteiger partial charge in [0, 0.05) is 6.42 Å². The minimum Gasteiger partial charge on any atom is -0.481 e. The van der Waals surface area contributed by atoms with Gasteiger partial charge in [0.15, 0.2) is 0 Å². The number of aryl methyl sites for hydroxylation is 1. The molecule has 0 atom stereocenters. The third kappa shape index (κ3) is 3.61. The second-order valence-electron chi connectivity index (χ2n) is 3.17. The van der Waals surface area contributed by atoms with E-state index in [4.69, 9.17) is 5.11 Å². The monoisotopic (exact) mass is 291 g/mol. The van der Waals surface area contributed by atoms with Crippen LogP contribution in [0.1, 0.15) is 19.3 Å². The van der Waals surface area contributed by atoms with Crippen molar-refractivity contribution in [1.82, 2.24) is 9.78 Å². The van der Waals surface area contributed by atoms with Crippen molar-refractivity contribution in [2.24, 2.45) is 0 Å². The lowest BCUT2D eigenvalue weighted by molar-refractivity contribution is -0.390. The average Bonchev–Trinajstić information content (AvgIpc) is 2.54. The first-order valence-corrected chi connectivity index (χ1v) is 5.39. The van der Waals surface area contributed by atoms with Crippen molar-refractivity contribution in [2.75, 3.05) is 0 Å². The van der Waals surface area contributed by atoms with E-state index in [1.165, 1.54) is 10.9 Å². The normalized spacial score (nSPS) is 10.3. The van der Waals surface area contributed by atoms with Crippen LogP contribution in [0.3, 0.4) is 0 Å². The molecular weight excluding hydrogens is 282 g/mol. The summed E-state index contributed by atoms with van der Waals surface area (Å²) in [7, 11) is 0. The van der Waals surface area contributed by atoms with E-state index in [0.29, 0.717) is 23.9 Å². The number of rotatable bonds is 6. The summed E-state index contributed by atoms with van der Waals surface area (Å²) in [5.74, 6) is -1.06. The molecule has 7 nitrogen and oxygen atoms in total. The fraction of sp³-hybridized carbons (Fsp3) is 0.500. The van der Waals surface area contributed by atoms with E-state index in [0.717, 1.165) is 0 Å². The van der Waals surface area contributed by atoms with Crippen molar-refractivity contribution in [1.29, 1.82) is 0 Å². The Morgan fingerprint density at radius 3 is 2.81 bits per heavy atom. The maximum absolute atomic E-state index is 10.5. The summed E-state index contributed by atoms with van der Waals surface area (Å²) in [5, 5.41) is 22.6. The first-order valence-electron chi connectivity index (χ1n) is 4.60. The maximum Gasteiger partial charge on any atom is 0.404 e. The predicted octanol–water partition coefficient (Wildman–Crippen LogP) is 1.81. The molecule has 0 amide bonds. The SMILES string of the molecule is O=C(O)CCCCn1cc(Br)c([N+](=O)[O-])n1. The summed E-state index contributed by atoms with van der Waals surface area (Å²) in [5.41, 5.74) is 0. The summed E-state index contributed by atoms with van der Waals surface area (Å²) < 4.78 is 1.76. The largest absolute Gasteiger partial charge is 0.481 e. The molecule has 1 rings (SSSR count). The number of carboxylic acid groups (broad SMARTS) is 1. The zero-order valence-electron chi connectivity index (χ0n) is 8.30. The summed E-state index contributed by atoms with van der Waals surface area (Å²) in [6.07, 6.45) is 2.77. The Hall–Kier alpha value is -1.44. The summed E-state index contributed by atoms with van der Waals surface area (Å²) in [4.78, 5) is 20.1. The topological polar surface area (TPSA) is 98.3 Å². The summed E-state index contributed by atoms with van der Waals surface area (Å²) >= 11 is 3.03. The van der Waals surface area contributed by atoms with Gasteiger partial charge in [-0.3, -0.25) is 4.79 Å². The van der Waals surface area contributed by atoms with Gasteiger partial charge in [-0.1, -0.05) is 0 Å². The highest BCUT2D eigenvalue weighted by atomic mass is 79.9. The van der Waals surface area contributed by atoms with Crippen molar-refractivity contribution in [2.45, 2.75) is 25.8 Å². The number of unbranched alkanes of at least 4 members (excludes halogenated alkanes) is 1. The van der Waals surface area contributed by atoms with E-state index < -0.39 is 10.9 Å². The van der Waals surface area contributed by atoms with Crippen LogP contribution in [0.25, 0.3) is 0 Å². The van der Waals surface area contributed by atoms with E-state index in [-0.39, 0.29) is 12.2 Å². The Balaban J connectivity index is 2.46. The van der Waals surface area contributed by atoms with E-state index in [9.17, 15) is 14.9 Å². The van der Waals surface area contributed by atoms with Gasteiger partial charge in [-0.15, -0.1) is 0 Å². The van der Waals surface area contributed by atoms with Gasteiger partial charge >= 0.3 is 11.8 Å². The van der Waals surface area contributed by atoms with Crippen LogP contribution in [0.5, 0.6) is 0 Å². The minimum atomic E-state index is -0.840. The number of hydrogen-bond acceptors (Lipinski definition) is 4. The molecule has 0 radical (unpaired) electrons. The van der Waals surface area contributed by atoms with Gasteiger partial charge in [-0.2, -0.15) is 4.68 Å². The van der Waals surface area contributed by atoms with Crippen molar-refractivity contribution >= 4 is 27.7 Å². The van der Waals surface area contributed by atoms with Crippen LogP contribution in [-0.2, 0) is 11.3 Å². The van der Waals surface area contributed by atoms with Crippen molar-refractivity contribution < 1.29 is 14.8 Å². The molecule has 1 aromatic rings. The van der Waals surface area contributed by atoms with E-state index >= 15 is 0 Å². The van der Waals surface area contributed by atoms with Crippen LogP contribution in [-0.4, -0.2) is 25.8 Å². The number of carbonyl (C=O) groups is 1. The number of aromatic nitrogens is 2. The predicted molar refractivity (Wildman–Crippen MR) is 58.1 cm³/mol. The van der Waals surface area contributed by atoms with Gasteiger partial charge in [0.1, 0.15) is 4.47 Å². The standard InChI is InChI=1S/C8H10BrN3O4/c9-6-5-11(10-8(6)12(15)16)4-2-1-3-7(13)14/h5H,1-4H2,(H,13,14). The van der Waals surface area contributed by atoms with Crippen molar-refractivity contribution in [3.63, 3.8) is 0 Å². The van der Waals surface area contributed by atoms with Crippen LogP contribution >= 0.6 is 15.9 Å². The molecule has 8 heteroatoms. The van der Waals surface area contributed by atoms with Gasteiger partial charge in [0.05, 0.1) is 17.8 Å². The molecule has 0 saturated carbocycles. The number of hydrogen-bond donors (Lipinski definition) is 1. The molecule has 0 aromatic carbocycles. The van der Waals surface area contributed by atoms with Crippen LogP contribution < -0.4 is 0 Å². The minimum absolute atomic E-state index is 0.102. The number of carboxylic acids is 1. The van der Waals surface area contributed by atoms with Crippen molar-refractivity contribution in [3.8, 4) is 0 Å². The molecule has 0 saturated heterocycles. The fourth-order valence-corrected chi connectivity index (χ4v) is 1.64. The van der Waals surface area contributed by atoms with E-state index in [2.05, 4.69) is 21.0 Å². The summed E-state index contributed by atoms with van der Waals surface area (Å²) in [6.45, 7) is 0.472. The zero-order valence-corrected chi connectivity index (χ0v) is 9.88. The molecule has 1 heterocycles. The molecule has 0 aliphatic carbocycles. The number of nitro groups is 1. The summed E-state index contributed by atoms with van der Waals surface area (Å²) in [6, 6.07) is 0. The molecule has 0 unspecified atom stereocenters. The smallest absolute Gasteiger partial charge is 0.404 e. The second kappa shape index (κ2) is 5.59. The maximum atomic E-state index is 10.5. The molecular formula is C8H10BrN3O4. The Morgan fingerprint density at radius 2 is 2.31 bits per heavy atom. The highest BCUT2D eigenvalue weighted by Crippen LogP contribution is 2.22. The molecule has 1 N–H and O–H groups in total. The number of halogens is 1. The molecule has 0 aliphatic rings. The van der Waals surface area contributed by atoms with Gasteiger partial charge in [0.25, 0.3) is 0 Å². The Morgan fingerprint density at radius 1 is 1.62 bits per heavy atom. The average molecular weight is 292 g/mol. The van der Waals surface area contributed by atoms with Crippen LogP contribution in [0.2, 0.25) is 0 Å². The third-order valence-electron chi connectivity index (χ3n) is 1.90. The first kappa shape index (κ1) is 12.6. The number of nitrogens with zero attached hydrogens (tertiary/aromatic N) is 3. The molecule has 0 spiro atoms. The van der Waals surface area contributed by atoms with Gasteiger partial charge in [0.2, 0.25) is 0 Å². The molecule has 1 aromatic heterocycles. The molecule has 88 valence electrons. The fourth-order valence-electron chi connectivity index (χ4n) is 1.18. The lowest BCUT2D eigenvalue weighted by Crippen LogP contribution is -2.01. The molecule has 0 fully saturated rings. The number of aliphatic carboxylic acids is 1. The molecule has 16 heavy (non-hydrogen) atoms.